The first-order valence-electron chi connectivity index (χ1n) is 22.2. The molecule has 4 aliphatic heterocycles. The van der Waals surface area contributed by atoms with E-state index in [2.05, 4.69) is 219 Å². The summed E-state index contributed by atoms with van der Waals surface area (Å²) in [5, 5.41) is 0. The minimum Gasteiger partial charge on any atom is -0.453 e. The van der Waals surface area contributed by atoms with Crippen LogP contribution in [0.15, 0.2) is 194 Å². The van der Waals surface area contributed by atoms with Gasteiger partial charge in [-0.15, -0.1) is 0 Å². The Balaban J connectivity index is 0.854. The van der Waals surface area contributed by atoms with Crippen molar-refractivity contribution in [3.05, 3.63) is 216 Å². The van der Waals surface area contributed by atoms with Crippen LogP contribution in [0.3, 0.4) is 0 Å². The molecule has 13 rings (SSSR count). The van der Waals surface area contributed by atoms with Crippen LogP contribution < -0.4 is 19.3 Å². The van der Waals surface area contributed by atoms with Crippen molar-refractivity contribution in [2.75, 3.05) is 9.80 Å². The first-order chi connectivity index (χ1) is 31.2. The molecule has 0 aromatic heterocycles. The highest BCUT2D eigenvalue weighted by Gasteiger charge is 2.43. The highest BCUT2D eigenvalue weighted by Crippen LogP contribution is 2.62. The van der Waals surface area contributed by atoms with Crippen LogP contribution in [0.2, 0.25) is 0 Å². The monoisotopic (exact) mass is 824 g/mol. The second-order valence-electron chi connectivity index (χ2n) is 18.6. The van der Waals surface area contributed by atoms with Gasteiger partial charge in [0.1, 0.15) is 0 Å². The van der Waals surface area contributed by atoms with Crippen LogP contribution >= 0.6 is 0 Å². The molecule has 4 heteroatoms. The van der Waals surface area contributed by atoms with Gasteiger partial charge in [-0.3, -0.25) is 0 Å². The zero-order valence-electron chi connectivity index (χ0n) is 36.2. The predicted octanol–water partition coefficient (Wildman–Crippen LogP) is 16.8. The Morgan fingerprint density at radius 2 is 0.609 bits per heavy atom. The van der Waals surface area contributed by atoms with Gasteiger partial charge in [-0.2, -0.15) is 0 Å². The Morgan fingerprint density at radius 3 is 1.00 bits per heavy atom. The van der Waals surface area contributed by atoms with E-state index in [1.807, 2.05) is 12.1 Å². The number of hydrogen-bond acceptors (Lipinski definition) is 4. The van der Waals surface area contributed by atoms with Crippen molar-refractivity contribution < 1.29 is 9.47 Å². The molecule has 0 radical (unpaired) electrons. The third-order valence-corrected chi connectivity index (χ3v) is 14.2. The first-order valence-corrected chi connectivity index (χ1v) is 22.2. The van der Waals surface area contributed by atoms with Crippen LogP contribution in [-0.4, -0.2) is 0 Å². The Morgan fingerprint density at radius 1 is 0.281 bits per heavy atom. The van der Waals surface area contributed by atoms with Gasteiger partial charge >= 0.3 is 0 Å². The summed E-state index contributed by atoms with van der Waals surface area (Å²) in [6.45, 7) is 9.30. The van der Waals surface area contributed by atoms with Gasteiger partial charge in [-0.25, -0.2) is 0 Å². The van der Waals surface area contributed by atoms with Crippen molar-refractivity contribution in [1.29, 1.82) is 0 Å². The van der Waals surface area contributed by atoms with Crippen LogP contribution in [0.5, 0.6) is 23.0 Å². The molecule has 0 spiro atoms. The molecule has 0 saturated heterocycles. The molecular weight excluding hydrogens is 781 g/mol. The Kier molecular flexibility index (Phi) is 7.67. The van der Waals surface area contributed by atoms with E-state index in [9.17, 15) is 0 Å². The van der Waals surface area contributed by atoms with E-state index >= 15 is 0 Å². The number of ether oxygens (including phenoxy) is 2. The third-order valence-electron chi connectivity index (χ3n) is 14.2. The van der Waals surface area contributed by atoms with Gasteiger partial charge in [0.25, 0.3) is 0 Å². The van der Waals surface area contributed by atoms with Crippen molar-refractivity contribution in [3.63, 3.8) is 0 Å². The fourth-order valence-corrected chi connectivity index (χ4v) is 10.9. The molecular formula is C60H44N2O2. The van der Waals surface area contributed by atoms with Gasteiger partial charge < -0.3 is 19.3 Å². The van der Waals surface area contributed by atoms with Gasteiger partial charge in [0.05, 0.1) is 34.1 Å². The average Bonchev–Trinajstić information content (AvgIpc) is 3.33. The molecule has 306 valence electrons. The SMILES string of the molecule is CC1(C)c2ccc(-c3cccc(-c4cccc(-c5cccc(-c6ccc7c(c6)N6c8ccccc8Oc8cccc(c86)C7(C)C)c5)c4)c3)cc2N2c3ccccc3Oc3cccc1c32. The van der Waals surface area contributed by atoms with E-state index in [4.69, 9.17) is 9.47 Å². The normalized spacial score (nSPS) is 15.0. The molecule has 0 fully saturated rings. The van der Waals surface area contributed by atoms with E-state index in [0.717, 1.165) is 45.7 Å². The van der Waals surface area contributed by atoms with Gasteiger partial charge in [0.2, 0.25) is 0 Å². The Labute approximate surface area is 374 Å². The summed E-state index contributed by atoms with van der Waals surface area (Å²) < 4.78 is 13.0. The second kappa shape index (κ2) is 13.3. The Hall–Kier alpha value is -7.82. The van der Waals surface area contributed by atoms with Crippen molar-refractivity contribution in [2.24, 2.45) is 0 Å². The van der Waals surface area contributed by atoms with Crippen molar-refractivity contribution in [2.45, 2.75) is 38.5 Å². The fraction of sp³-hybridized carbons (Fsp3) is 0.100. The minimum atomic E-state index is -0.201. The van der Waals surface area contributed by atoms with Crippen LogP contribution in [0.4, 0.5) is 34.1 Å². The zero-order valence-corrected chi connectivity index (χ0v) is 36.2. The number of anilines is 6. The molecule has 4 nitrogen and oxygen atoms in total. The van der Waals surface area contributed by atoms with Crippen LogP contribution in [-0.2, 0) is 10.8 Å². The number of fused-ring (bicyclic) bond motifs is 8. The number of nitrogens with zero attached hydrogens (tertiary/aromatic N) is 2. The summed E-state index contributed by atoms with van der Waals surface area (Å²) in [5.74, 6) is 3.53. The smallest absolute Gasteiger partial charge is 0.151 e. The maximum absolute atomic E-state index is 6.50. The summed E-state index contributed by atoms with van der Waals surface area (Å²) in [4.78, 5) is 4.83. The lowest BCUT2D eigenvalue weighted by atomic mass is 9.72. The molecule has 0 amide bonds. The lowest BCUT2D eigenvalue weighted by Gasteiger charge is -2.45. The van der Waals surface area contributed by atoms with Crippen molar-refractivity contribution in [1.82, 2.24) is 0 Å². The number of rotatable bonds is 4. The van der Waals surface area contributed by atoms with E-state index < -0.39 is 0 Å². The van der Waals surface area contributed by atoms with Gasteiger partial charge in [0.15, 0.2) is 23.0 Å². The average molecular weight is 825 g/mol. The summed E-state index contributed by atoms with van der Waals surface area (Å²) in [5.41, 5.74) is 21.0. The quantitative estimate of drug-likeness (QED) is 0.176. The molecule has 0 N–H and O–H groups in total. The van der Waals surface area contributed by atoms with Crippen LogP contribution in [0, 0.1) is 0 Å². The highest BCUT2D eigenvalue weighted by molar-refractivity contribution is 5.96. The van der Waals surface area contributed by atoms with Crippen LogP contribution in [0.25, 0.3) is 44.5 Å². The third kappa shape index (κ3) is 5.29. The number of benzene rings is 9. The minimum absolute atomic E-state index is 0.201. The molecule has 0 atom stereocenters. The topological polar surface area (TPSA) is 24.9 Å². The summed E-state index contributed by atoms with van der Waals surface area (Å²) in [7, 11) is 0. The van der Waals surface area contributed by atoms with E-state index in [1.54, 1.807) is 0 Å². The van der Waals surface area contributed by atoms with Gasteiger partial charge in [-0.1, -0.05) is 155 Å². The summed E-state index contributed by atoms with van der Waals surface area (Å²) >= 11 is 0. The number of para-hydroxylation sites is 6. The standard InChI is InChI=1S/C60H44N2O2/c1-59(2)45-30-28-43(35-51(45)61-49-22-5-7-24-53(49)63-55-26-12-20-47(59)57(55)61)41-18-10-16-39(33-41)37-14-9-15-38(32-37)40-17-11-19-42(34-40)44-29-31-46-52(36-44)62-50-23-6-8-25-54(50)64-56-27-13-21-48(58(56)62)60(46,3)4/h5-36H,1-4H3. The largest absolute Gasteiger partial charge is 0.453 e. The maximum atomic E-state index is 6.50. The van der Waals surface area contributed by atoms with Gasteiger partial charge in [0, 0.05) is 10.8 Å². The molecule has 4 aliphatic rings. The molecule has 0 bridgehead atoms. The molecule has 64 heavy (non-hydrogen) atoms. The van der Waals surface area contributed by atoms with E-state index in [1.165, 1.54) is 78.1 Å². The first kappa shape index (κ1) is 36.8. The van der Waals surface area contributed by atoms with E-state index in [0.29, 0.717) is 0 Å². The van der Waals surface area contributed by atoms with Crippen LogP contribution in [0.1, 0.15) is 49.9 Å². The predicted molar refractivity (Wildman–Crippen MR) is 262 cm³/mol. The maximum Gasteiger partial charge on any atom is 0.151 e. The molecule has 4 heterocycles. The number of hydrogen-bond donors (Lipinski definition) is 0. The molecule has 0 aliphatic carbocycles. The fourth-order valence-electron chi connectivity index (χ4n) is 10.9. The molecule has 0 saturated carbocycles. The van der Waals surface area contributed by atoms with Crippen molar-refractivity contribution >= 4 is 34.1 Å². The zero-order chi connectivity index (χ0) is 42.9. The van der Waals surface area contributed by atoms with Crippen molar-refractivity contribution in [3.8, 4) is 67.5 Å². The second-order valence-corrected chi connectivity index (χ2v) is 18.6. The highest BCUT2D eigenvalue weighted by atomic mass is 16.5. The molecule has 9 aromatic carbocycles. The van der Waals surface area contributed by atoms with E-state index in [-0.39, 0.29) is 10.8 Å². The molecule has 9 aromatic rings. The van der Waals surface area contributed by atoms with Gasteiger partial charge in [-0.05, 0) is 133 Å². The summed E-state index contributed by atoms with van der Waals surface area (Å²) in [6.07, 6.45) is 0. The summed E-state index contributed by atoms with van der Waals surface area (Å²) in [6, 6.07) is 70.5. The molecule has 0 unspecified atom stereocenters. The lowest BCUT2D eigenvalue weighted by Crippen LogP contribution is -2.32. The Bertz CT molecular complexity index is 3210. The lowest BCUT2D eigenvalue weighted by molar-refractivity contribution is 0.471.